The Balaban J connectivity index is 1.56. The van der Waals surface area contributed by atoms with Crippen LogP contribution < -0.4 is 5.32 Å². The van der Waals surface area contributed by atoms with Gasteiger partial charge >= 0.3 is 0 Å². The van der Waals surface area contributed by atoms with Crippen LogP contribution in [0.5, 0.6) is 0 Å². The van der Waals surface area contributed by atoms with Crippen LogP contribution in [0.3, 0.4) is 0 Å². The van der Waals surface area contributed by atoms with Gasteiger partial charge in [-0.05, 0) is 44.2 Å². The molecule has 0 saturated carbocycles. The van der Waals surface area contributed by atoms with E-state index < -0.39 is 0 Å². The van der Waals surface area contributed by atoms with Gasteiger partial charge in [-0.25, -0.2) is 0 Å². The maximum absolute atomic E-state index is 3.85. The van der Waals surface area contributed by atoms with E-state index >= 15 is 0 Å². The average molecular weight is 278 g/mol. The first-order valence-electron chi connectivity index (χ1n) is 7.55. The summed E-state index contributed by atoms with van der Waals surface area (Å²) in [5, 5.41) is 6.04. The van der Waals surface area contributed by atoms with Crippen LogP contribution in [0.1, 0.15) is 44.4 Å². The van der Waals surface area contributed by atoms with Gasteiger partial charge in [-0.3, -0.25) is 0 Å². The van der Waals surface area contributed by atoms with Gasteiger partial charge in [0, 0.05) is 35.0 Å². The highest BCUT2D eigenvalue weighted by molar-refractivity contribution is 7.10. The second-order valence-electron chi connectivity index (χ2n) is 6.96. The Bertz CT molecular complexity index is 398. The van der Waals surface area contributed by atoms with E-state index in [1.807, 2.05) is 11.3 Å². The van der Waals surface area contributed by atoms with Gasteiger partial charge in [0.1, 0.15) is 0 Å². The lowest BCUT2D eigenvalue weighted by Crippen LogP contribution is -2.49. The summed E-state index contributed by atoms with van der Waals surface area (Å²) in [6.45, 7) is 5.81. The molecule has 1 N–H and O–H groups in total. The third-order valence-corrected chi connectivity index (χ3v) is 6.35. The number of fused-ring (bicyclic) bond motifs is 2. The Morgan fingerprint density at radius 1 is 1.32 bits per heavy atom. The molecule has 0 spiro atoms. The predicted molar refractivity (Wildman–Crippen MR) is 82.9 cm³/mol. The van der Waals surface area contributed by atoms with E-state index in [0.717, 1.165) is 24.7 Å². The lowest BCUT2D eigenvalue weighted by Gasteiger charge is -2.38. The Kier molecular flexibility index (Phi) is 3.71. The molecule has 0 amide bonds. The third-order valence-electron chi connectivity index (χ3n) is 5.12. The molecule has 2 nitrogen and oxygen atoms in total. The van der Waals surface area contributed by atoms with E-state index in [0.29, 0.717) is 0 Å². The number of nitrogens with zero attached hydrogens (tertiary/aromatic N) is 1. The number of rotatable bonds is 4. The smallest absolute Gasteiger partial charge is 0.0115 e. The van der Waals surface area contributed by atoms with Crippen molar-refractivity contribution in [3.05, 3.63) is 22.4 Å². The molecule has 1 aromatic heterocycles. The summed E-state index contributed by atoms with van der Waals surface area (Å²) in [4.78, 5) is 4.11. The molecule has 2 atom stereocenters. The van der Waals surface area contributed by atoms with Crippen molar-refractivity contribution in [1.29, 1.82) is 0 Å². The van der Waals surface area contributed by atoms with E-state index in [2.05, 4.69) is 48.6 Å². The summed E-state index contributed by atoms with van der Waals surface area (Å²) >= 11 is 1.88. The van der Waals surface area contributed by atoms with E-state index in [-0.39, 0.29) is 5.41 Å². The van der Waals surface area contributed by atoms with Gasteiger partial charge < -0.3 is 10.2 Å². The van der Waals surface area contributed by atoms with E-state index in [1.165, 1.54) is 30.6 Å². The van der Waals surface area contributed by atoms with Crippen molar-refractivity contribution >= 4 is 11.3 Å². The normalized spacial score (nSPS) is 31.8. The summed E-state index contributed by atoms with van der Waals surface area (Å²) in [6.07, 6.45) is 5.50. The standard InChI is InChI=1S/C16H26N2S/c1-16(2,15-5-4-8-19-15)11-17-12-9-13-6-7-14(10-12)18(13)3/h4-5,8,12-14,17H,6-7,9-11H2,1-3H3. The summed E-state index contributed by atoms with van der Waals surface area (Å²) in [7, 11) is 2.31. The quantitative estimate of drug-likeness (QED) is 0.909. The maximum atomic E-state index is 3.85. The second kappa shape index (κ2) is 5.19. The lowest BCUT2D eigenvalue weighted by molar-refractivity contribution is 0.146. The summed E-state index contributed by atoms with van der Waals surface area (Å²) in [5.41, 5.74) is 0.260. The largest absolute Gasteiger partial charge is 0.313 e. The molecule has 0 aromatic carbocycles. The molecule has 2 aliphatic heterocycles. The molecule has 1 aromatic rings. The first kappa shape index (κ1) is 13.6. The molecule has 106 valence electrons. The van der Waals surface area contributed by atoms with Crippen molar-refractivity contribution in [2.75, 3.05) is 13.6 Å². The zero-order valence-corrected chi connectivity index (χ0v) is 13.2. The van der Waals surface area contributed by atoms with Crippen LogP contribution in [-0.4, -0.2) is 36.6 Å². The molecule has 2 aliphatic rings. The highest BCUT2D eigenvalue weighted by atomic mass is 32.1. The van der Waals surface area contributed by atoms with Crippen molar-refractivity contribution in [1.82, 2.24) is 10.2 Å². The van der Waals surface area contributed by atoms with Crippen molar-refractivity contribution < 1.29 is 0 Å². The Hall–Kier alpha value is -0.380. The van der Waals surface area contributed by atoms with Gasteiger partial charge in [-0.1, -0.05) is 19.9 Å². The highest BCUT2D eigenvalue weighted by Gasteiger charge is 2.38. The number of hydrogen-bond acceptors (Lipinski definition) is 3. The number of nitrogens with one attached hydrogen (secondary N) is 1. The van der Waals surface area contributed by atoms with Crippen LogP contribution in [0, 0.1) is 0 Å². The minimum Gasteiger partial charge on any atom is -0.313 e. The number of thiophene rings is 1. The van der Waals surface area contributed by atoms with E-state index in [4.69, 9.17) is 0 Å². The van der Waals surface area contributed by atoms with Crippen LogP contribution in [0.2, 0.25) is 0 Å². The predicted octanol–water partition coefficient (Wildman–Crippen LogP) is 3.24. The van der Waals surface area contributed by atoms with Crippen molar-refractivity contribution in [3.63, 3.8) is 0 Å². The topological polar surface area (TPSA) is 15.3 Å². The minimum atomic E-state index is 0.260. The molecule has 2 fully saturated rings. The van der Waals surface area contributed by atoms with Gasteiger partial charge in [0.25, 0.3) is 0 Å². The molecule has 19 heavy (non-hydrogen) atoms. The Morgan fingerprint density at radius 2 is 2.00 bits per heavy atom. The van der Waals surface area contributed by atoms with Crippen molar-refractivity contribution in [3.8, 4) is 0 Å². The van der Waals surface area contributed by atoms with Gasteiger partial charge in [0.2, 0.25) is 0 Å². The Labute approximate surface area is 121 Å². The van der Waals surface area contributed by atoms with Crippen LogP contribution in [0.4, 0.5) is 0 Å². The summed E-state index contributed by atoms with van der Waals surface area (Å²) in [5.74, 6) is 0. The van der Waals surface area contributed by atoms with Crippen molar-refractivity contribution in [2.45, 2.75) is 63.1 Å². The molecule has 2 saturated heterocycles. The zero-order valence-electron chi connectivity index (χ0n) is 12.4. The summed E-state index contributed by atoms with van der Waals surface area (Å²) in [6, 6.07) is 6.83. The van der Waals surface area contributed by atoms with Gasteiger partial charge in [-0.15, -0.1) is 11.3 Å². The second-order valence-corrected chi connectivity index (χ2v) is 7.91. The van der Waals surface area contributed by atoms with Crippen LogP contribution in [0.25, 0.3) is 0 Å². The first-order chi connectivity index (χ1) is 9.06. The molecular formula is C16H26N2S. The third kappa shape index (κ3) is 2.74. The van der Waals surface area contributed by atoms with Gasteiger partial charge in [-0.2, -0.15) is 0 Å². The fourth-order valence-electron chi connectivity index (χ4n) is 3.73. The maximum Gasteiger partial charge on any atom is 0.0115 e. The molecule has 0 radical (unpaired) electrons. The summed E-state index contributed by atoms with van der Waals surface area (Å²) < 4.78 is 0. The molecular weight excluding hydrogens is 252 g/mol. The highest BCUT2D eigenvalue weighted by Crippen LogP contribution is 2.35. The molecule has 3 heteroatoms. The first-order valence-corrected chi connectivity index (χ1v) is 8.43. The average Bonchev–Trinajstić information content (AvgIpc) is 2.96. The molecule has 3 heterocycles. The van der Waals surface area contributed by atoms with Crippen LogP contribution in [0.15, 0.2) is 17.5 Å². The number of piperidine rings is 1. The van der Waals surface area contributed by atoms with Gasteiger partial charge in [0.05, 0.1) is 0 Å². The van der Waals surface area contributed by atoms with Crippen molar-refractivity contribution in [2.24, 2.45) is 0 Å². The molecule has 2 bridgehead atoms. The minimum absolute atomic E-state index is 0.260. The monoisotopic (exact) mass is 278 g/mol. The lowest BCUT2D eigenvalue weighted by atomic mass is 9.90. The fourth-order valence-corrected chi connectivity index (χ4v) is 4.58. The zero-order chi connectivity index (χ0) is 13.5. The van der Waals surface area contributed by atoms with E-state index in [9.17, 15) is 0 Å². The molecule has 0 aliphatic carbocycles. The molecule has 3 rings (SSSR count). The number of hydrogen-bond donors (Lipinski definition) is 1. The van der Waals surface area contributed by atoms with Crippen LogP contribution in [-0.2, 0) is 5.41 Å². The SMILES string of the molecule is CN1C2CCC1CC(NCC(C)(C)c1cccs1)C2. The van der Waals surface area contributed by atoms with E-state index in [1.54, 1.807) is 0 Å². The van der Waals surface area contributed by atoms with Crippen LogP contribution >= 0.6 is 11.3 Å². The Morgan fingerprint density at radius 3 is 2.58 bits per heavy atom. The van der Waals surface area contributed by atoms with Gasteiger partial charge in [0.15, 0.2) is 0 Å². The molecule has 2 unspecified atom stereocenters. The fraction of sp³-hybridized carbons (Fsp3) is 0.750.